The number of anilines is 1. The molecule has 0 saturated carbocycles. The molecule has 0 spiro atoms. The lowest BCUT2D eigenvalue weighted by Gasteiger charge is -2.31. The third-order valence-electron chi connectivity index (χ3n) is 5.60. The van der Waals surface area contributed by atoms with Gasteiger partial charge in [-0.2, -0.15) is 4.31 Å². The molecule has 1 fully saturated rings. The molecule has 2 aromatic rings. The van der Waals surface area contributed by atoms with Gasteiger partial charge in [-0.3, -0.25) is 4.79 Å². The molecule has 7 heteroatoms. The molecule has 0 aromatic heterocycles. The van der Waals surface area contributed by atoms with Gasteiger partial charge in [0.2, 0.25) is 10.0 Å². The molecule has 0 atom stereocenters. The lowest BCUT2D eigenvalue weighted by atomic mass is 10.1. The Kier molecular flexibility index (Phi) is 7.28. The molecule has 0 aliphatic carbocycles. The van der Waals surface area contributed by atoms with Crippen LogP contribution in [0, 0.1) is 13.8 Å². The van der Waals surface area contributed by atoms with Crippen LogP contribution in [0.5, 0.6) is 0 Å². The van der Waals surface area contributed by atoms with Crippen molar-refractivity contribution in [2.45, 2.75) is 38.5 Å². The number of amides is 1. The average molecular weight is 431 g/mol. The van der Waals surface area contributed by atoms with Crippen molar-refractivity contribution in [3.63, 3.8) is 0 Å². The van der Waals surface area contributed by atoms with E-state index in [-0.39, 0.29) is 5.91 Å². The van der Waals surface area contributed by atoms with E-state index < -0.39 is 10.0 Å². The predicted molar refractivity (Wildman–Crippen MR) is 119 cm³/mol. The molecule has 1 amide bonds. The molecule has 1 saturated heterocycles. The van der Waals surface area contributed by atoms with Crippen LogP contribution in [-0.4, -0.2) is 51.4 Å². The van der Waals surface area contributed by atoms with Gasteiger partial charge in [-0.1, -0.05) is 43.2 Å². The number of carbonyl (C=O) groups is 1. The zero-order valence-electron chi connectivity index (χ0n) is 18.1. The zero-order valence-corrected chi connectivity index (χ0v) is 18.9. The minimum atomic E-state index is -3.48. The number of hydrogen-bond donors (Lipinski definition) is 2. The Hall–Kier alpha value is -2.22. The van der Waals surface area contributed by atoms with Gasteiger partial charge in [0.15, 0.2) is 6.54 Å². The highest BCUT2D eigenvalue weighted by Gasteiger charge is 2.31. The van der Waals surface area contributed by atoms with Crippen molar-refractivity contribution in [3.8, 4) is 0 Å². The predicted octanol–water partition coefficient (Wildman–Crippen LogP) is 1.78. The summed E-state index contributed by atoms with van der Waals surface area (Å²) in [6.07, 6.45) is 1.99. The van der Waals surface area contributed by atoms with Gasteiger partial charge < -0.3 is 10.2 Å². The number of aryl methyl sites for hydroxylation is 3. The van der Waals surface area contributed by atoms with Crippen molar-refractivity contribution in [3.05, 3.63) is 59.2 Å². The van der Waals surface area contributed by atoms with E-state index in [0.717, 1.165) is 40.1 Å². The Morgan fingerprint density at radius 3 is 2.33 bits per heavy atom. The van der Waals surface area contributed by atoms with Crippen molar-refractivity contribution in [1.82, 2.24) is 4.31 Å². The van der Waals surface area contributed by atoms with Crippen LogP contribution in [0.15, 0.2) is 47.4 Å². The van der Waals surface area contributed by atoms with Crippen LogP contribution in [0.3, 0.4) is 0 Å². The van der Waals surface area contributed by atoms with Crippen LogP contribution in [0.1, 0.15) is 30.0 Å². The number of piperazine rings is 1. The Morgan fingerprint density at radius 1 is 1.07 bits per heavy atom. The molecule has 1 aliphatic rings. The first-order chi connectivity index (χ1) is 14.3. The van der Waals surface area contributed by atoms with E-state index >= 15 is 0 Å². The number of sulfonamides is 1. The normalized spacial score (nSPS) is 15.8. The molecule has 30 heavy (non-hydrogen) atoms. The van der Waals surface area contributed by atoms with E-state index in [1.54, 1.807) is 12.1 Å². The lowest BCUT2D eigenvalue weighted by molar-refractivity contribution is -0.895. The summed E-state index contributed by atoms with van der Waals surface area (Å²) >= 11 is 0. The third-order valence-corrected chi connectivity index (χ3v) is 7.51. The molecule has 0 unspecified atom stereocenters. The Balaban J connectivity index is 1.54. The van der Waals surface area contributed by atoms with Crippen LogP contribution >= 0.6 is 0 Å². The van der Waals surface area contributed by atoms with E-state index in [9.17, 15) is 13.2 Å². The number of nitrogens with one attached hydrogen (secondary N) is 2. The Labute approximate surface area is 179 Å². The molecule has 2 aromatic carbocycles. The Morgan fingerprint density at radius 2 is 1.73 bits per heavy atom. The molecular formula is C23H32N3O3S+. The summed E-state index contributed by atoms with van der Waals surface area (Å²) in [5, 5.41) is 2.98. The summed E-state index contributed by atoms with van der Waals surface area (Å²) in [7, 11) is -3.48. The van der Waals surface area contributed by atoms with Crippen molar-refractivity contribution in [2.75, 3.05) is 38.0 Å². The summed E-state index contributed by atoms with van der Waals surface area (Å²) in [4.78, 5) is 13.9. The van der Waals surface area contributed by atoms with Gasteiger partial charge in [0.1, 0.15) is 0 Å². The van der Waals surface area contributed by atoms with Crippen LogP contribution in [0.4, 0.5) is 5.69 Å². The van der Waals surface area contributed by atoms with E-state index in [1.165, 1.54) is 4.31 Å². The molecule has 1 aliphatic heterocycles. The highest BCUT2D eigenvalue weighted by molar-refractivity contribution is 7.89. The van der Waals surface area contributed by atoms with Crippen LogP contribution < -0.4 is 10.2 Å². The summed E-state index contributed by atoms with van der Waals surface area (Å²) in [6, 6.07) is 13.2. The van der Waals surface area contributed by atoms with Gasteiger partial charge in [-0.05, 0) is 49.6 Å². The van der Waals surface area contributed by atoms with Gasteiger partial charge >= 0.3 is 0 Å². The molecule has 0 bridgehead atoms. The fourth-order valence-electron chi connectivity index (χ4n) is 3.86. The highest BCUT2D eigenvalue weighted by atomic mass is 32.2. The molecule has 162 valence electrons. The van der Waals surface area contributed by atoms with E-state index in [1.807, 2.05) is 44.2 Å². The molecule has 3 rings (SSSR count). The van der Waals surface area contributed by atoms with Gasteiger partial charge in [-0.25, -0.2) is 8.42 Å². The average Bonchev–Trinajstić information content (AvgIpc) is 2.71. The first-order valence-electron chi connectivity index (χ1n) is 10.6. The lowest BCUT2D eigenvalue weighted by Crippen LogP contribution is -3.15. The van der Waals surface area contributed by atoms with Crippen LogP contribution in [0.2, 0.25) is 0 Å². The smallest absolute Gasteiger partial charge is 0.279 e. The van der Waals surface area contributed by atoms with Crippen molar-refractivity contribution in [1.29, 1.82) is 0 Å². The van der Waals surface area contributed by atoms with Gasteiger partial charge in [0.05, 0.1) is 31.1 Å². The largest absolute Gasteiger partial charge is 0.325 e. The van der Waals surface area contributed by atoms with Gasteiger partial charge in [-0.15, -0.1) is 0 Å². The number of carbonyl (C=O) groups excluding carboxylic acids is 1. The minimum Gasteiger partial charge on any atom is -0.325 e. The number of benzene rings is 2. The second-order valence-corrected chi connectivity index (χ2v) is 10.0. The SMILES string of the molecule is CCCc1ccc(S(=O)(=O)N2CC[NH+](CC(=O)Nc3ccc(C)cc3C)CC2)cc1. The number of rotatable bonds is 7. The van der Waals surface area contributed by atoms with Crippen molar-refractivity contribution >= 4 is 21.6 Å². The second-order valence-electron chi connectivity index (χ2n) is 8.09. The molecular weight excluding hydrogens is 398 g/mol. The first kappa shape index (κ1) is 22.5. The number of nitrogens with zero attached hydrogens (tertiary/aromatic N) is 1. The van der Waals surface area contributed by atoms with Crippen molar-refractivity contribution in [2.24, 2.45) is 0 Å². The first-order valence-corrected chi connectivity index (χ1v) is 12.0. The third kappa shape index (κ3) is 5.47. The minimum absolute atomic E-state index is 0.0419. The maximum atomic E-state index is 12.9. The van der Waals surface area contributed by atoms with E-state index in [0.29, 0.717) is 37.6 Å². The molecule has 2 N–H and O–H groups in total. The molecule has 0 radical (unpaired) electrons. The summed E-state index contributed by atoms with van der Waals surface area (Å²) in [6.45, 7) is 8.53. The highest BCUT2D eigenvalue weighted by Crippen LogP contribution is 2.17. The summed E-state index contributed by atoms with van der Waals surface area (Å²) in [5.41, 5.74) is 4.19. The van der Waals surface area contributed by atoms with Gasteiger partial charge in [0.25, 0.3) is 5.91 Å². The summed E-state index contributed by atoms with van der Waals surface area (Å²) < 4.78 is 27.4. The quantitative estimate of drug-likeness (QED) is 0.704. The maximum Gasteiger partial charge on any atom is 0.279 e. The second kappa shape index (κ2) is 9.73. The number of hydrogen-bond acceptors (Lipinski definition) is 3. The van der Waals surface area contributed by atoms with Crippen LogP contribution in [0.25, 0.3) is 0 Å². The van der Waals surface area contributed by atoms with E-state index in [4.69, 9.17) is 0 Å². The van der Waals surface area contributed by atoms with Crippen LogP contribution in [-0.2, 0) is 21.2 Å². The number of quaternary nitrogens is 1. The zero-order chi connectivity index (χ0) is 21.7. The standard InChI is InChI=1S/C23H31N3O3S/c1-4-5-20-7-9-21(10-8-20)30(28,29)26-14-12-25(13-15-26)17-23(27)24-22-11-6-18(2)16-19(22)3/h6-11,16H,4-5,12-15,17H2,1-3H3,(H,24,27)/p+1. The summed E-state index contributed by atoms with van der Waals surface area (Å²) in [5.74, 6) is -0.0419. The fourth-order valence-corrected chi connectivity index (χ4v) is 5.30. The molecule has 1 heterocycles. The van der Waals surface area contributed by atoms with Crippen molar-refractivity contribution < 1.29 is 18.1 Å². The Bertz CT molecular complexity index is 979. The topological polar surface area (TPSA) is 70.9 Å². The maximum absolute atomic E-state index is 12.9. The van der Waals surface area contributed by atoms with E-state index in [2.05, 4.69) is 12.2 Å². The van der Waals surface area contributed by atoms with Gasteiger partial charge in [0, 0.05) is 5.69 Å². The monoisotopic (exact) mass is 430 g/mol. The molecule has 6 nitrogen and oxygen atoms in total. The fraction of sp³-hybridized carbons (Fsp3) is 0.435.